The van der Waals surface area contributed by atoms with E-state index in [2.05, 4.69) is 6.92 Å². The zero-order chi connectivity index (χ0) is 13.0. The van der Waals surface area contributed by atoms with Crippen molar-refractivity contribution in [1.82, 2.24) is 0 Å². The van der Waals surface area contributed by atoms with Crippen molar-refractivity contribution in [3.8, 4) is 0 Å². The molecule has 18 heavy (non-hydrogen) atoms. The molecule has 2 aromatic carbocycles. The van der Waals surface area contributed by atoms with Crippen molar-refractivity contribution in [3.05, 3.63) is 59.9 Å². The van der Waals surface area contributed by atoms with Gasteiger partial charge < -0.3 is 5.73 Å². The number of halogens is 1. The van der Waals surface area contributed by atoms with Crippen LogP contribution in [0.5, 0.6) is 0 Å². The molecule has 3 heteroatoms. The molecule has 0 spiro atoms. The van der Waals surface area contributed by atoms with Crippen molar-refractivity contribution in [2.75, 3.05) is 0 Å². The van der Waals surface area contributed by atoms with Crippen LogP contribution in [0.3, 0.4) is 0 Å². The highest BCUT2D eigenvalue weighted by Gasteiger charge is 2.10. The zero-order valence-electron chi connectivity index (χ0n) is 10.3. The number of hydrogen-bond donors (Lipinski definition) is 1. The van der Waals surface area contributed by atoms with Crippen molar-refractivity contribution in [3.63, 3.8) is 0 Å². The quantitative estimate of drug-likeness (QED) is 0.883. The fourth-order valence-electron chi connectivity index (χ4n) is 1.76. The minimum Gasteiger partial charge on any atom is -0.324 e. The van der Waals surface area contributed by atoms with Gasteiger partial charge in [-0.15, -0.1) is 0 Å². The third-order valence-electron chi connectivity index (χ3n) is 2.78. The molecule has 1 nitrogen and oxygen atoms in total. The zero-order valence-corrected chi connectivity index (χ0v) is 11.1. The Hall–Kier alpha value is -1.32. The normalized spacial score (nSPS) is 12.4. The molecule has 0 radical (unpaired) electrons. The van der Waals surface area contributed by atoms with Crippen LogP contribution in [-0.4, -0.2) is 0 Å². The Kier molecular flexibility index (Phi) is 4.39. The van der Waals surface area contributed by atoms with E-state index in [9.17, 15) is 4.39 Å². The first-order valence-corrected chi connectivity index (χ1v) is 6.80. The highest BCUT2D eigenvalue weighted by atomic mass is 32.2. The van der Waals surface area contributed by atoms with Gasteiger partial charge in [0.1, 0.15) is 5.82 Å². The van der Waals surface area contributed by atoms with Crippen LogP contribution in [0, 0.1) is 5.82 Å². The third-order valence-corrected chi connectivity index (χ3v) is 3.86. The van der Waals surface area contributed by atoms with Gasteiger partial charge in [0, 0.05) is 15.8 Å². The van der Waals surface area contributed by atoms with Crippen molar-refractivity contribution in [2.45, 2.75) is 29.2 Å². The summed E-state index contributed by atoms with van der Waals surface area (Å²) in [5.41, 5.74) is 7.21. The third kappa shape index (κ3) is 3.12. The van der Waals surface area contributed by atoms with E-state index in [1.165, 1.54) is 6.07 Å². The van der Waals surface area contributed by atoms with E-state index in [0.29, 0.717) is 0 Å². The van der Waals surface area contributed by atoms with Gasteiger partial charge in [0.15, 0.2) is 0 Å². The van der Waals surface area contributed by atoms with Crippen molar-refractivity contribution >= 4 is 11.8 Å². The molecule has 0 aliphatic heterocycles. The van der Waals surface area contributed by atoms with Crippen LogP contribution in [-0.2, 0) is 0 Å². The first kappa shape index (κ1) is 13.1. The van der Waals surface area contributed by atoms with E-state index in [-0.39, 0.29) is 11.9 Å². The molecule has 2 aromatic rings. The van der Waals surface area contributed by atoms with E-state index >= 15 is 0 Å². The molecule has 0 bridgehead atoms. The molecule has 0 aliphatic carbocycles. The smallest absolute Gasteiger partial charge is 0.124 e. The van der Waals surface area contributed by atoms with Crippen LogP contribution < -0.4 is 5.73 Å². The Bertz CT molecular complexity index is 527. The van der Waals surface area contributed by atoms with Gasteiger partial charge in [0.05, 0.1) is 0 Å². The molecular formula is C15H16FNS. The first-order chi connectivity index (χ1) is 8.70. The van der Waals surface area contributed by atoms with Gasteiger partial charge in [-0.1, -0.05) is 43.0 Å². The molecule has 94 valence electrons. The summed E-state index contributed by atoms with van der Waals surface area (Å²) in [7, 11) is 0. The molecule has 0 aliphatic rings. The highest BCUT2D eigenvalue weighted by molar-refractivity contribution is 7.99. The predicted molar refractivity (Wildman–Crippen MR) is 74.2 cm³/mol. The minimum atomic E-state index is -0.211. The highest BCUT2D eigenvalue weighted by Crippen LogP contribution is 2.33. The van der Waals surface area contributed by atoms with Crippen LogP contribution in [0.15, 0.2) is 58.3 Å². The van der Waals surface area contributed by atoms with Crippen LogP contribution in [0.25, 0.3) is 0 Å². The monoisotopic (exact) mass is 261 g/mol. The van der Waals surface area contributed by atoms with Gasteiger partial charge in [-0.25, -0.2) is 4.39 Å². The van der Waals surface area contributed by atoms with E-state index in [0.717, 1.165) is 21.8 Å². The van der Waals surface area contributed by atoms with Gasteiger partial charge in [-0.05, 0) is 36.2 Å². The molecule has 0 amide bonds. The summed E-state index contributed by atoms with van der Waals surface area (Å²) in [5, 5.41) is 0. The lowest BCUT2D eigenvalue weighted by atomic mass is 10.1. The number of hydrogen-bond acceptors (Lipinski definition) is 2. The summed E-state index contributed by atoms with van der Waals surface area (Å²) >= 11 is 1.55. The summed E-state index contributed by atoms with van der Waals surface area (Å²) in [6.45, 7) is 2.06. The number of rotatable bonds is 4. The lowest BCUT2D eigenvalue weighted by Gasteiger charge is -2.14. The van der Waals surface area contributed by atoms with E-state index < -0.39 is 0 Å². The molecule has 0 saturated carbocycles. The summed E-state index contributed by atoms with van der Waals surface area (Å²) in [5.74, 6) is -0.211. The Labute approximate surface area is 111 Å². The molecule has 0 aromatic heterocycles. The Balaban J connectivity index is 2.29. The molecule has 0 fully saturated rings. The SMILES string of the molecule is CC[C@@H](N)c1ccccc1Sc1cccc(F)c1. The molecule has 2 rings (SSSR count). The lowest BCUT2D eigenvalue weighted by molar-refractivity contribution is 0.624. The predicted octanol–water partition coefficient (Wildman–Crippen LogP) is 4.39. The molecule has 0 unspecified atom stereocenters. The lowest BCUT2D eigenvalue weighted by Crippen LogP contribution is -2.09. The summed E-state index contributed by atoms with van der Waals surface area (Å²) in [4.78, 5) is 1.99. The van der Waals surface area contributed by atoms with Crippen molar-refractivity contribution in [2.24, 2.45) is 5.73 Å². The summed E-state index contributed by atoms with van der Waals surface area (Å²) in [6, 6.07) is 14.7. The van der Waals surface area contributed by atoms with Crippen LogP contribution in [0.1, 0.15) is 24.9 Å². The fourth-order valence-corrected chi connectivity index (χ4v) is 2.81. The van der Waals surface area contributed by atoms with Crippen molar-refractivity contribution < 1.29 is 4.39 Å². The minimum absolute atomic E-state index is 0.0299. The van der Waals surface area contributed by atoms with E-state index in [4.69, 9.17) is 5.73 Å². The van der Waals surface area contributed by atoms with Gasteiger partial charge in [-0.2, -0.15) is 0 Å². The Morgan fingerprint density at radius 3 is 2.67 bits per heavy atom. The summed E-state index contributed by atoms with van der Waals surface area (Å²) < 4.78 is 13.2. The molecular weight excluding hydrogens is 245 g/mol. The molecule has 0 saturated heterocycles. The van der Waals surface area contributed by atoms with Crippen LogP contribution in [0.4, 0.5) is 4.39 Å². The maximum absolute atomic E-state index is 13.2. The van der Waals surface area contributed by atoms with E-state index in [1.54, 1.807) is 23.9 Å². The Morgan fingerprint density at radius 2 is 1.94 bits per heavy atom. The fraction of sp³-hybridized carbons (Fsp3) is 0.200. The number of nitrogens with two attached hydrogens (primary N) is 1. The van der Waals surface area contributed by atoms with Gasteiger partial charge >= 0.3 is 0 Å². The topological polar surface area (TPSA) is 26.0 Å². The van der Waals surface area contributed by atoms with Gasteiger partial charge in [-0.3, -0.25) is 0 Å². The molecule has 1 atom stereocenters. The first-order valence-electron chi connectivity index (χ1n) is 5.98. The summed E-state index contributed by atoms with van der Waals surface area (Å²) in [6.07, 6.45) is 0.890. The standard InChI is InChI=1S/C15H16FNS/c1-2-14(17)13-8-3-4-9-15(13)18-12-7-5-6-11(16)10-12/h3-10,14H,2,17H2,1H3/t14-/m1/s1. The van der Waals surface area contributed by atoms with Crippen molar-refractivity contribution in [1.29, 1.82) is 0 Å². The molecule has 0 heterocycles. The maximum Gasteiger partial charge on any atom is 0.124 e. The second kappa shape index (κ2) is 6.03. The molecule has 2 N–H and O–H groups in total. The maximum atomic E-state index is 13.2. The van der Waals surface area contributed by atoms with Gasteiger partial charge in [0.25, 0.3) is 0 Å². The average molecular weight is 261 g/mol. The Morgan fingerprint density at radius 1 is 1.17 bits per heavy atom. The second-order valence-electron chi connectivity index (χ2n) is 4.11. The average Bonchev–Trinajstić information content (AvgIpc) is 2.38. The van der Waals surface area contributed by atoms with E-state index in [1.807, 2.05) is 30.3 Å². The van der Waals surface area contributed by atoms with Gasteiger partial charge in [0.2, 0.25) is 0 Å². The second-order valence-corrected chi connectivity index (χ2v) is 5.23. The largest absolute Gasteiger partial charge is 0.324 e. The van der Waals surface area contributed by atoms with Crippen LogP contribution >= 0.6 is 11.8 Å². The van der Waals surface area contributed by atoms with Crippen LogP contribution in [0.2, 0.25) is 0 Å². The number of benzene rings is 2.